The molecule has 2 atom stereocenters. The van der Waals surface area contributed by atoms with Gasteiger partial charge in [0, 0.05) is 43.6 Å². The molecule has 0 radical (unpaired) electrons. The van der Waals surface area contributed by atoms with Gasteiger partial charge in [-0.15, -0.1) is 0 Å². The van der Waals surface area contributed by atoms with E-state index in [1.807, 2.05) is 13.1 Å². The third kappa shape index (κ3) is 3.32. The fraction of sp³-hybridized carbons (Fsp3) is 0.440. The third-order valence-corrected chi connectivity index (χ3v) is 7.76. The summed E-state index contributed by atoms with van der Waals surface area (Å²) in [5.74, 6) is -0.349. The average molecular weight is 456 g/mol. The van der Waals surface area contributed by atoms with Crippen molar-refractivity contribution in [3.8, 4) is 0 Å². The molecule has 168 valence electrons. The summed E-state index contributed by atoms with van der Waals surface area (Å²) in [6.45, 7) is 5.41. The van der Waals surface area contributed by atoms with E-state index in [-0.39, 0.29) is 22.1 Å². The number of para-hydroxylation sites is 1. The Morgan fingerprint density at radius 1 is 1.28 bits per heavy atom. The molecule has 3 heterocycles. The second kappa shape index (κ2) is 7.85. The quantitative estimate of drug-likeness (QED) is 0.631. The predicted molar refractivity (Wildman–Crippen MR) is 124 cm³/mol. The molecule has 1 saturated heterocycles. The molecule has 5 rings (SSSR count). The third-order valence-electron chi connectivity index (χ3n) is 7.45. The summed E-state index contributed by atoms with van der Waals surface area (Å²) in [4.78, 5) is 31.6. The zero-order valence-electron chi connectivity index (χ0n) is 18.4. The Kier molecular flexibility index (Phi) is 5.25. The van der Waals surface area contributed by atoms with Crippen molar-refractivity contribution >= 4 is 34.7 Å². The highest BCUT2D eigenvalue weighted by Crippen LogP contribution is 2.53. The van der Waals surface area contributed by atoms with Gasteiger partial charge in [0.25, 0.3) is 0 Å². The molecule has 1 fully saturated rings. The van der Waals surface area contributed by atoms with E-state index in [1.165, 1.54) is 29.4 Å². The lowest BCUT2D eigenvalue weighted by Crippen LogP contribution is -2.57. The van der Waals surface area contributed by atoms with Crippen LogP contribution >= 0.6 is 11.6 Å². The van der Waals surface area contributed by atoms with Crippen LogP contribution in [0.4, 0.5) is 15.8 Å². The summed E-state index contributed by atoms with van der Waals surface area (Å²) in [5, 5.41) is 0.173. The second-order valence-corrected chi connectivity index (χ2v) is 9.81. The standard InChI is InChI=1S/C25H27ClFN3O2/c1-25-15-29(11-4-7-21(31)17-9-8-16(27)13-19(17)26)12-10-22(25)30-14-23(32)28(2)20-6-3-5-18(25)24(20)30/h3,5-6,8-9,13,22H,4,7,10-12,14-15H2,1-2H3/t22-,25-/m0/s1. The number of nitrogens with zero attached hydrogens (tertiary/aromatic N) is 3. The van der Waals surface area contributed by atoms with Crippen molar-refractivity contribution < 1.29 is 14.0 Å². The van der Waals surface area contributed by atoms with Crippen molar-refractivity contribution in [2.75, 3.05) is 43.0 Å². The Morgan fingerprint density at radius 2 is 2.09 bits per heavy atom. The first-order valence-corrected chi connectivity index (χ1v) is 11.5. The maximum atomic E-state index is 13.3. The number of anilines is 2. The number of halogens is 2. The smallest absolute Gasteiger partial charge is 0.246 e. The molecule has 0 N–H and O–H groups in total. The van der Waals surface area contributed by atoms with Crippen LogP contribution in [0.1, 0.15) is 42.1 Å². The first-order valence-electron chi connectivity index (χ1n) is 11.2. The van der Waals surface area contributed by atoms with Gasteiger partial charge in [-0.2, -0.15) is 0 Å². The number of carbonyl (C=O) groups excluding carboxylic acids is 2. The summed E-state index contributed by atoms with van der Waals surface area (Å²) >= 11 is 6.04. The highest BCUT2D eigenvalue weighted by atomic mass is 35.5. The van der Waals surface area contributed by atoms with Crippen LogP contribution in [-0.2, 0) is 10.2 Å². The number of carbonyl (C=O) groups is 2. The van der Waals surface area contributed by atoms with Crippen LogP contribution in [0.5, 0.6) is 0 Å². The molecule has 0 spiro atoms. The van der Waals surface area contributed by atoms with Gasteiger partial charge in [-0.25, -0.2) is 4.39 Å². The number of hydrogen-bond donors (Lipinski definition) is 0. The zero-order valence-corrected chi connectivity index (χ0v) is 19.2. The first-order chi connectivity index (χ1) is 15.3. The van der Waals surface area contributed by atoms with Gasteiger partial charge < -0.3 is 14.7 Å². The first kappa shape index (κ1) is 21.4. The van der Waals surface area contributed by atoms with Crippen LogP contribution in [0.25, 0.3) is 0 Å². The average Bonchev–Trinajstić information content (AvgIpc) is 3.00. The fourth-order valence-electron chi connectivity index (χ4n) is 5.84. The van der Waals surface area contributed by atoms with Crippen LogP contribution in [-0.4, -0.2) is 55.9 Å². The number of ketones is 1. The molecule has 2 aromatic carbocycles. The van der Waals surface area contributed by atoms with E-state index in [0.29, 0.717) is 24.6 Å². The number of piperidine rings is 1. The molecule has 7 heteroatoms. The summed E-state index contributed by atoms with van der Waals surface area (Å²) in [7, 11) is 1.86. The molecule has 0 saturated carbocycles. The van der Waals surface area contributed by atoms with E-state index in [9.17, 15) is 14.0 Å². The Labute approximate surface area is 192 Å². The summed E-state index contributed by atoms with van der Waals surface area (Å²) in [5.41, 5.74) is 3.86. The molecule has 5 nitrogen and oxygen atoms in total. The maximum absolute atomic E-state index is 13.3. The van der Waals surface area contributed by atoms with E-state index in [1.54, 1.807) is 4.90 Å². The fourth-order valence-corrected chi connectivity index (χ4v) is 6.11. The number of amides is 1. The molecule has 0 bridgehead atoms. The van der Waals surface area contributed by atoms with E-state index in [0.717, 1.165) is 38.2 Å². The minimum Gasteiger partial charge on any atom is -0.356 e. The number of likely N-dealkylation sites (tertiary alicyclic amines) is 1. The van der Waals surface area contributed by atoms with Gasteiger partial charge in [-0.1, -0.05) is 30.7 Å². The summed E-state index contributed by atoms with van der Waals surface area (Å²) in [6.07, 6.45) is 2.10. The number of likely N-dealkylation sites (N-methyl/N-ethyl adjacent to an activating group) is 1. The molecule has 3 aliphatic rings. The van der Waals surface area contributed by atoms with Gasteiger partial charge in [0.15, 0.2) is 5.78 Å². The lowest BCUT2D eigenvalue weighted by atomic mass is 9.74. The monoisotopic (exact) mass is 455 g/mol. The molecule has 2 aromatic rings. The predicted octanol–water partition coefficient (Wildman–Crippen LogP) is 4.27. The van der Waals surface area contributed by atoms with E-state index >= 15 is 0 Å². The van der Waals surface area contributed by atoms with E-state index in [4.69, 9.17) is 11.6 Å². The molecular weight excluding hydrogens is 429 g/mol. The number of Topliss-reactive ketones (excluding diaryl/α,β-unsaturated/α-hetero) is 1. The Bertz CT molecular complexity index is 1110. The maximum Gasteiger partial charge on any atom is 0.246 e. The molecule has 0 aromatic heterocycles. The SMILES string of the molecule is CN1C(=O)CN2c3c1cccc3[C@]1(C)CN(CCCC(=O)c3ccc(F)cc3Cl)CC[C@H]21. The van der Waals surface area contributed by atoms with E-state index in [2.05, 4.69) is 28.9 Å². The number of fused-ring (bicyclic) bond motifs is 3. The highest BCUT2D eigenvalue weighted by Gasteiger charge is 2.53. The second-order valence-electron chi connectivity index (χ2n) is 9.40. The molecule has 32 heavy (non-hydrogen) atoms. The summed E-state index contributed by atoms with van der Waals surface area (Å²) in [6, 6.07) is 10.5. The minimum absolute atomic E-state index is 0.0504. The topological polar surface area (TPSA) is 43.9 Å². The van der Waals surface area contributed by atoms with Crippen LogP contribution in [0, 0.1) is 5.82 Å². The number of hydrogen-bond acceptors (Lipinski definition) is 4. The van der Waals surface area contributed by atoms with E-state index < -0.39 is 5.82 Å². The lowest BCUT2D eigenvalue weighted by molar-refractivity contribution is -0.117. The van der Waals surface area contributed by atoms with Gasteiger partial charge in [-0.3, -0.25) is 9.59 Å². The van der Waals surface area contributed by atoms with Crippen LogP contribution < -0.4 is 9.80 Å². The summed E-state index contributed by atoms with van der Waals surface area (Å²) < 4.78 is 13.3. The van der Waals surface area contributed by atoms with Crippen molar-refractivity contribution in [3.63, 3.8) is 0 Å². The van der Waals surface area contributed by atoms with Crippen molar-refractivity contribution in [3.05, 3.63) is 58.4 Å². The zero-order chi connectivity index (χ0) is 22.6. The Hall–Kier alpha value is -2.44. The van der Waals surface area contributed by atoms with Crippen LogP contribution in [0.2, 0.25) is 5.02 Å². The van der Waals surface area contributed by atoms with Crippen molar-refractivity contribution in [2.24, 2.45) is 0 Å². The van der Waals surface area contributed by atoms with Crippen molar-refractivity contribution in [1.29, 1.82) is 0 Å². The largest absolute Gasteiger partial charge is 0.356 e. The highest BCUT2D eigenvalue weighted by molar-refractivity contribution is 6.33. The van der Waals surface area contributed by atoms with Crippen LogP contribution in [0.15, 0.2) is 36.4 Å². The molecule has 3 aliphatic heterocycles. The van der Waals surface area contributed by atoms with Gasteiger partial charge >= 0.3 is 0 Å². The normalized spacial score (nSPS) is 24.5. The minimum atomic E-state index is -0.437. The Morgan fingerprint density at radius 3 is 2.88 bits per heavy atom. The molecule has 1 amide bonds. The Balaban J connectivity index is 1.28. The molecule has 0 aliphatic carbocycles. The molecular formula is C25H27ClFN3O2. The van der Waals surface area contributed by atoms with Gasteiger partial charge in [0.1, 0.15) is 5.82 Å². The number of rotatable bonds is 5. The lowest BCUT2D eigenvalue weighted by Gasteiger charge is -2.46. The van der Waals surface area contributed by atoms with Crippen molar-refractivity contribution in [1.82, 2.24) is 4.90 Å². The molecule has 0 unspecified atom stereocenters. The van der Waals surface area contributed by atoms with Gasteiger partial charge in [0.2, 0.25) is 5.91 Å². The van der Waals surface area contributed by atoms with Gasteiger partial charge in [-0.05, 0) is 49.2 Å². The van der Waals surface area contributed by atoms with Crippen molar-refractivity contribution in [2.45, 2.75) is 37.6 Å². The van der Waals surface area contributed by atoms with Crippen LogP contribution in [0.3, 0.4) is 0 Å². The van der Waals surface area contributed by atoms with Gasteiger partial charge in [0.05, 0.1) is 22.9 Å². The number of benzene rings is 2.